The van der Waals surface area contributed by atoms with Gasteiger partial charge in [0.05, 0.1) is 16.3 Å². The van der Waals surface area contributed by atoms with Crippen LogP contribution in [0.5, 0.6) is 0 Å². The van der Waals surface area contributed by atoms with Crippen molar-refractivity contribution in [2.75, 3.05) is 5.75 Å². The van der Waals surface area contributed by atoms with Crippen LogP contribution < -0.4 is 0 Å². The highest BCUT2D eigenvalue weighted by molar-refractivity contribution is 7.99. The van der Waals surface area contributed by atoms with Gasteiger partial charge < -0.3 is 4.98 Å². The Labute approximate surface area is 159 Å². The number of aromatic amines is 1. The van der Waals surface area contributed by atoms with E-state index < -0.39 is 11.7 Å². The standard InChI is InChI=1S/C17H10ClF3N4OS/c18-12-5-9(17(19,20)21)7-25-15(12)23-24-16(25)27-8-14(26)11-6-22-13-4-2-1-3-10(11)13/h1-7,22H,8H2. The molecule has 3 heterocycles. The second-order valence-corrected chi connectivity index (χ2v) is 7.06. The minimum absolute atomic E-state index is 0.00347. The number of pyridine rings is 1. The molecule has 0 fully saturated rings. The number of H-pyrrole nitrogens is 1. The Bertz CT molecular complexity index is 1170. The van der Waals surface area contributed by atoms with Crippen LogP contribution in [0.4, 0.5) is 13.2 Å². The number of benzene rings is 1. The van der Waals surface area contributed by atoms with Gasteiger partial charge in [-0.25, -0.2) is 0 Å². The summed E-state index contributed by atoms with van der Waals surface area (Å²) < 4.78 is 40.2. The molecule has 0 radical (unpaired) electrons. The van der Waals surface area contributed by atoms with Crippen molar-refractivity contribution in [1.82, 2.24) is 19.6 Å². The van der Waals surface area contributed by atoms with E-state index in [2.05, 4.69) is 15.2 Å². The van der Waals surface area contributed by atoms with Crippen molar-refractivity contribution in [2.24, 2.45) is 0 Å². The number of ketones is 1. The zero-order chi connectivity index (χ0) is 19.2. The fourth-order valence-electron chi connectivity index (χ4n) is 2.70. The van der Waals surface area contributed by atoms with Crippen molar-refractivity contribution in [3.8, 4) is 0 Å². The number of hydrogen-bond donors (Lipinski definition) is 1. The van der Waals surface area contributed by atoms with Crippen molar-refractivity contribution in [3.05, 3.63) is 58.9 Å². The van der Waals surface area contributed by atoms with Crippen molar-refractivity contribution < 1.29 is 18.0 Å². The molecule has 0 amide bonds. The number of carbonyl (C=O) groups is 1. The molecule has 138 valence electrons. The summed E-state index contributed by atoms with van der Waals surface area (Å²) in [5, 5.41) is 8.45. The Morgan fingerprint density at radius 2 is 2.04 bits per heavy atom. The molecule has 4 aromatic rings. The van der Waals surface area contributed by atoms with Gasteiger partial charge in [-0.15, -0.1) is 10.2 Å². The van der Waals surface area contributed by atoms with Crippen LogP contribution in [0.2, 0.25) is 5.02 Å². The summed E-state index contributed by atoms with van der Waals surface area (Å²) in [6.07, 6.45) is -2.06. The number of alkyl halides is 3. The van der Waals surface area contributed by atoms with E-state index in [0.717, 1.165) is 39.3 Å². The third-order valence-corrected chi connectivity index (χ3v) is 5.20. The van der Waals surface area contributed by atoms with E-state index in [1.807, 2.05) is 24.3 Å². The van der Waals surface area contributed by atoms with Crippen LogP contribution >= 0.6 is 23.4 Å². The molecule has 0 bridgehead atoms. The molecule has 0 aliphatic heterocycles. The molecule has 0 unspecified atom stereocenters. The van der Waals surface area contributed by atoms with E-state index in [1.165, 1.54) is 0 Å². The van der Waals surface area contributed by atoms with E-state index in [0.29, 0.717) is 5.56 Å². The monoisotopic (exact) mass is 410 g/mol. The number of para-hydroxylation sites is 1. The molecule has 5 nitrogen and oxygen atoms in total. The van der Waals surface area contributed by atoms with Crippen molar-refractivity contribution in [3.63, 3.8) is 0 Å². The number of Topliss-reactive ketones (excluding diaryl/α,β-unsaturated/α-hetero) is 1. The molecule has 0 saturated heterocycles. The highest BCUT2D eigenvalue weighted by Gasteiger charge is 2.32. The first-order valence-electron chi connectivity index (χ1n) is 7.68. The molecular formula is C17H10ClF3N4OS. The maximum Gasteiger partial charge on any atom is 0.417 e. The van der Waals surface area contributed by atoms with Gasteiger partial charge in [-0.2, -0.15) is 13.2 Å². The lowest BCUT2D eigenvalue weighted by Crippen LogP contribution is -2.07. The molecule has 0 saturated carbocycles. The lowest BCUT2D eigenvalue weighted by Gasteiger charge is -2.08. The quantitative estimate of drug-likeness (QED) is 0.385. The second kappa shape index (κ2) is 6.58. The first-order chi connectivity index (χ1) is 12.8. The fraction of sp³-hybridized carbons (Fsp3) is 0.118. The third-order valence-electron chi connectivity index (χ3n) is 3.98. The average Bonchev–Trinajstić information content (AvgIpc) is 3.23. The highest BCUT2D eigenvalue weighted by atomic mass is 35.5. The summed E-state index contributed by atoms with van der Waals surface area (Å²) >= 11 is 6.89. The maximum absolute atomic E-state index is 13.0. The van der Waals surface area contributed by atoms with Crippen LogP contribution in [0.25, 0.3) is 16.6 Å². The van der Waals surface area contributed by atoms with E-state index in [4.69, 9.17) is 11.6 Å². The van der Waals surface area contributed by atoms with E-state index >= 15 is 0 Å². The molecule has 4 rings (SSSR count). The minimum atomic E-state index is -4.55. The average molecular weight is 411 g/mol. The van der Waals surface area contributed by atoms with Crippen molar-refractivity contribution >= 4 is 45.7 Å². The SMILES string of the molecule is O=C(CSc1nnc2c(Cl)cc(C(F)(F)F)cn12)c1c[nH]c2ccccc12. The predicted molar refractivity (Wildman–Crippen MR) is 96.4 cm³/mol. The summed E-state index contributed by atoms with van der Waals surface area (Å²) in [4.78, 5) is 15.6. The van der Waals surface area contributed by atoms with Gasteiger partial charge in [0, 0.05) is 28.9 Å². The molecule has 10 heteroatoms. The predicted octanol–water partition coefficient (Wildman–Crippen LogP) is 4.86. The van der Waals surface area contributed by atoms with E-state index in [9.17, 15) is 18.0 Å². The largest absolute Gasteiger partial charge is 0.417 e. The lowest BCUT2D eigenvalue weighted by atomic mass is 10.1. The summed E-state index contributed by atoms with van der Waals surface area (Å²) in [5.74, 6) is -0.177. The van der Waals surface area contributed by atoms with Crippen LogP contribution in [0, 0.1) is 0 Å². The van der Waals surface area contributed by atoms with Gasteiger partial charge in [-0.3, -0.25) is 9.20 Å². The molecule has 0 spiro atoms. The normalized spacial score (nSPS) is 12.1. The topological polar surface area (TPSA) is 63.1 Å². The number of rotatable bonds is 4. The zero-order valence-corrected chi connectivity index (χ0v) is 15.0. The first-order valence-corrected chi connectivity index (χ1v) is 9.04. The van der Waals surface area contributed by atoms with Gasteiger partial charge >= 0.3 is 6.18 Å². The molecule has 0 atom stereocenters. The van der Waals surface area contributed by atoms with Crippen LogP contribution in [0.15, 0.2) is 47.9 Å². The van der Waals surface area contributed by atoms with E-state index in [-0.39, 0.29) is 27.4 Å². The second-order valence-electron chi connectivity index (χ2n) is 5.71. The minimum Gasteiger partial charge on any atom is -0.360 e. The zero-order valence-electron chi connectivity index (χ0n) is 13.4. The number of hydrogen-bond acceptors (Lipinski definition) is 4. The van der Waals surface area contributed by atoms with Crippen molar-refractivity contribution in [1.29, 1.82) is 0 Å². The third kappa shape index (κ3) is 3.28. The van der Waals surface area contributed by atoms with Gasteiger partial charge in [-0.05, 0) is 12.1 Å². The van der Waals surface area contributed by atoms with Crippen LogP contribution in [0.1, 0.15) is 15.9 Å². The maximum atomic E-state index is 13.0. The molecule has 1 N–H and O–H groups in total. The number of fused-ring (bicyclic) bond motifs is 2. The molecule has 3 aromatic heterocycles. The van der Waals surface area contributed by atoms with Gasteiger partial charge in [0.15, 0.2) is 16.6 Å². The molecular weight excluding hydrogens is 401 g/mol. The van der Waals surface area contributed by atoms with Gasteiger partial charge in [0.1, 0.15) is 0 Å². The summed E-state index contributed by atoms with van der Waals surface area (Å²) in [6, 6.07) is 8.16. The molecule has 0 aliphatic carbocycles. The number of halogens is 4. The first kappa shape index (κ1) is 17.9. The number of aromatic nitrogens is 4. The number of carbonyl (C=O) groups excluding carboxylic acids is 1. The van der Waals surface area contributed by atoms with Crippen LogP contribution in [0.3, 0.4) is 0 Å². The molecule has 0 aliphatic rings. The molecule has 1 aromatic carbocycles. The van der Waals surface area contributed by atoms with Crippen LogP contribution in [-0.4, -0.2) is 31.1 Å². The summed E-state index contributed by atoms with van der Waals surface area (Å²) in [7, 11) is 0. The highest BCUT2D eigenvalue weighted by Crippen LogP contribution is 2.33. The lowest BCUT2D eigenvalue weighted by molar-refractivity contribution is -0.137. The Balaban J connectivity index is 1.62. The Kier molecular flexibility index (Phi) is 4.35. The Morgan fingerprint density at radius 1 is 1.26 bits per heavy atom. The Hall–Kier alpha value is -2.52. The smallest absolute Gasteiger partial charge is 0.360 e. The Morgan fingerprint density at radius 3 is 2.81 bits per heavy atom. The number of nitrogens with zero attached hydrogens (tertiary/aromatic N) is 3. The summed E-state index contributed by atoms with van der Waals surface area (Å²) in [5.41, 5.74) is 0.539. The fourth-order valence-corrected chi connectivity index (χ4v) is 3.74. The molecule has 27 heavy (non-hydrogen) atoms. The van der Waals surface area contributed by atoms with Crippen molar-refractivity contribution in [2.45, 2.75) is 11.3 Å². The van der Waals surface area contributed by atoms with Gasteiger partial charge in [0.2, 0.25) is 0 Å². The van der Waals surface area contributed by atoms with Gasteiger partial charge in [0.25, 0.3) is 0 Å². The van der Waals surface area contributed by atoms with Gasteiger partial charge in [-0.1, -0.05) is 41.6 Å². The summed E-state index contributed by atoms with van der Waals surface area (Å²) in [6.45, 7) is 0. The number of thioether (sulfide) groups is 1. The number of nitrogens with one attached hydrogen (secondary N) is 1. The van der Waals surface area contributed by atoms with E-state index in [1.54, 1.807) is 6.20 Å². The van der Waals surface area contributed by atoms with Crippen LogP contribution in [-0.2, 0) is 6.18 Å².